The summed E-state index contributed by atoms with van der Waals surface area (Å²) in [6.45, 7) is -0.392. The van der Waals surface area contributed by atoms with Gasteiger partial charge < -0.3 is 14.4 Å². The highest BCUT2D eigenvalue weighted by Crippen LogP contribution is 2.26. The van der Waals surface area contributed by atoms with Gasteiger partial charge in [-0.05, 0) is 17.2 Å². The van der Waals surface area contributed by atoms with Crippen LogP contribution in [0.2, 0.25) is 0 Å². The van der Waals surface area contributed by atoms with E-state index in [1.807, 2.05) is 24.3 Å². The quantitative estimate of drug-likeness (QED) is 0.425. The molecule has 9 nitrogen and oxygen atoms in total. The van der Waals surface area contributed by atoms with E-state index in [9.17, 15) is 24.5 Å². The molecule has 0 radical (unpaired) electrons. The second-order valence-corrected chi connectivity index (χ2v) is 7.07. The number of methoxy groups -OCH3 is 1. The summed E-state index contributed by atoms with van der Waals surface area (Å²) in [6, 6.07) is 9.09. The minimum Gasteiger partial charge on any atom is -0.467 e. The lowest BCUT2D eigenvalue weighted by Crippen LogP contribution is -2.50. The number of fused-ring (bicyclic) bond motifs is 1. The van der Waals surface area contributed by atoms with Crippen molar-refractivity contribution in [3.05, 3.63) is 62.5 Å². The highest BCUT2D eigenvalue weighted by molar-refractivity contribution is 7.17. The number of nitrogens with zero attached hydrogens (tertiary/aromatic N) is 2. The molecule has 1 amide bonds. The van der Waals surface area contributed by atoms with Gasteiger partial charge in [0.1, 0.15) is 10.9 Å². The molecule has 1 aliphatic heterocycles. The molecule has 1 atom stereocenters. The molecule has 10 heteroatoms. The highest BCUT2D eigenvalue weighted by Gasteiger charge is 2.35. The van der Waals surface area contributed by atoms with Gasteiger partial charge in [0.2, 0.25) is 0 Å². The van der Waals surface area contributed by atoms with E-state index >= 15 is 0 Å². The third-order valence-electron chi connectivity index (χ3n) is 4.34. The SMILES string of the molecule is COC(=O)[C@H]1Cc2ccccc2CN1C(=O)COC(=O)c1ccc([N+](=O)[O-])s1. The smallest absolute Gasteiger partial charge is 0.349 e. The minimum absolute atomic E-state index is 0.0213. The number of rotatable bonds is 5. The van der Waals surface area contributed by atoms with Crippen LogP contribution in [0.5, 0.6) is 0 Å². The van der Waals surface area contributed by atoms with Crippen molar-refractivity contribution in [2.75, 3.05) is 13.7 Å². The van der Waals surface area contributed by atoms with E-state index in [0.717, 1.165) is 11.1 Å². The molecule has 0 bridgehead atoms. The maximum absolute atomic E-state index is 12.6. The minimum atomic E-state index is -0.835. The zero-order chi connectivity index (χ0) is 20.3. The summed E-state index contributed by atoms with van der Waals surface area (Å²) >= 11 is 0.663. The molecule has 0 saturated heterocycles. The first-order valence-corrected chi connectivity index (χ1v) is 9.07. The van der Waals surface area contributed by atoms with Gasteiger partial charge in [0, 0.05) is 19.0 Å². The van der Waals surface area contributed by atoms with Crippen molar-refractivity contribution >= 4 is 34.2 Å². The predicted molar refractivity (Wildman–Crippen MR) is 97.8 cm³/mol. The summed E-state index contributed by atoms with van der Waals surface area (Å²) < 4.78 is 9.79. The third-order valence-corrected chi connectivity index (χ3v) is 5.36. The van der Waals surface area contributed by atoms with Crippen LogP contribution in [0, 0.1) is 10.1 Å². The Morgan fingerprint density at radius 2 is 1.93 bits per heavy atom. The maximum atomic E-state index is 12.6. The Morgan fingerprint density at radius 3 is 2.57 bits per heavy atom. The Hall–Kier alpha value is -3.27. The van der Waals surface area contributed by atoms with Gasteiger partial charge in [-0.15, -0.1) is 0 Å². The lowest BCUT2D eigenvalue weighted by atomic mass is 9.94. The van der Waals surface area contributed by atoms with Crippen molar-refractivity contribution in [2.45, 2.75) is 19.0 Å². The standard InChI is InChI=1S/C18H16N2O7S/c1-26-17(22)13-8-11-4-2-3-5-12(11)9-19(13)15(21)10-27-18(23)14-6-7-16(28-14)20(24)25/h2-7,13H,8-10H2,1H3/t13-/m1/s1. The van der Waals surface area contributed by atoms with Crippen molar-refractivity contribution in [3.8, 4) is 0 Å². The van der Waals surface area contributed by atoms with Crippen LogP contribution in [0.25, 0.3) is 0 Å². The number of nitro groups is 1. The molecule has 0 spiro atoms. The topological polar surface area (TPSA) is 116 Å². The van der Waals surface area contributed by atoms with Crippen LogP contribution in [-0.2, 0) is 32.0 Å². The lowest BCUT2D eigenvalue weighted by molar-refractivity contribution is -0.380. The fraction of sp³-hybridized carbons (Fsp3) is 0.278. The Balaban J connectivity index is 1.69. The maximum Gasteiger partial charge on any atom is 0.349 e. The van der Waals surface area contributed by atoms with Crippen molar-refractivity contribution in [1.82, 2.24) is 4.90 Å². The first-order chi connectivity index (χ1) is 13.4. The lowest BCUT2D eigenvalue weighted by Gasteiger charge is -2.35. The number of carbonyl (C=O) groups is 3. The van der Waals surface area contributed by atoms with E-state index in [-0.39, 0.29) is 16.4 Å². The average Bonchev–Trinajstić information content (AvgIpc) is 3.21. The Bertz CT molecular complexity index is 940. The van der Waals surface area contributed by atoms with Gasteiger partial charge >= 0.3 is 16.9 Å². The van der Waals surface area contributed by atoms with Crippen LogP contribution < -0.4 is 0 Å². The summed E-state index contributed by atoms with van der Waals surface area (Å²) in [6.07, 6.45) is 0.305. The summed E-state index contributed by atoms with van der Waals surface area (Å²) in [4.78, 5) is 48.2. The fourth-order valence-electron chi connectivity index (χ4n) is 2.95. The summed E-state index contributed by atoms with van der Waals surface area (Å²) in [5.41, 5.74) is 1.85. The van der Waals surface area contributed by atoms with Crippen LogP contribution in [-0.4, -0.2) is 47.4 Å². The predicted octanol–water partition coefficient (Wildman–Crippen LogP) is 1.94. The Kier molecular flexibility index (Phi) is 5.69. The van der Waals surface area contributed by atoms with Crippen molar-refractivity contribution in [2.24, 2.45) is 0 Å². The number of esters is 2. The van der Waals surface area contributed by atoms with Gasteiger partial charge in [-0.1, -0.05) is 35.6 Å². The number of amides is 1. The molecule has 0 N–H and O–H groups in total. The molecule has 1 aromatic carbocycles. The number of hydrogen-bond donors (Lipinski definition) is 0. The second-order valence-electron chi connectivity index (χ2n) is 6.00. The van der Waals surface area contributed by atoms with Crippen molar-refractivity contribution in [1.29, 1.82) is 0 Å². The van der Waals surface area contributed by atoms with Crippen molar-refractivity contribution < 1.29 is 28.8 Å². The highest BCUT2D eigenvalue weighted by atomic mass is 32.1. The largest absolute Gasteiger partial charge is 0.467 e. The fourth-order valence-corrected chi connectivity index (χ4v) is 3.66. The molecule has 0 unspecified atom stereocenters. The number of benzene rings is 1. The monoisotopic (exact) mass is 404 g/mol. The molecule has 1 aliphatic rings. The molecular weight excluding hydrogens is 388 g/mol. The molecule has 0 fully saturated rings. The van der Waals surface area contributed by atoms with Crippen LogP contribution in [0.3, 0.4) is 0 Å². The number of ether oxygens (including phenoxy) is 2. The van der Waals surface area contributed by atoms with Gasteiger partial charge in [0.25, 0.3) is 5.91 Å². The summed E-state index contributed by atoms with van der Waals surface area (Å²) in [7, 11) is 1.25. The second kappa shape index (κ2) is 8.17. The van der Waals surface area contributed by atoms with E-state index in [1.165, 1.54) is 24.1 Å². The third kappa shape index (κ3) is 4.01. The van der Waals surface area contributed by atoms with Crippen LogP contribution >= 0.6 is 11.3 Å². The summed E-state index contributed by atoms with van der Waals surface area (Å²) in [5, 5.41) is 10.5. The zero-order valence-electron chi connectivity index (χ0n) is 14.8. The summed E-state index contributed by atoms with van der Waals surface area (Å²) in [5.74, 6) is -1.94. The van der Waals surface area contributed by atoms with Gasteiger partial charge in [-0.25, -0.2) is 9.59 Å². The van der Waals surface area contributed by atoms with Gasteiger partial charge in [-0.3, -0.25) is 14.9 Å². The molecule has 2 heterocycles. The first-order valence-electron chi connectivity index (χ1n) is 8.26. The first kappa shape index (κ1) is 19.5. The molecule has 2 aromatic rings. The normalized spacial score (nSPS) is 15.5. The van der Waals surface area contributed by atoms with Crippen LogP contribution in [0.1, 0.15) is 20.8 Å². The molecule has 0 saturated carbocycles. The van der Waals surface area contributed by atoms with Gasteiger partial charge in [0.05, 0.1) is 12.0 Å². The van der Waals surface area contributed by atoms with Crippen LogP contribution in [0.15, 0.2) is 36.4 Å². The Morgan fingerprint density at radius 1 is 1.21 bits per heavy atom. The average molecular weight is 404 g/mol. The van der Waals surface area contributed by atoms with E-state index in [4.69, 9.17) is 9.47 Å². The Labute approximate surface area is 163 Å². The van der Waals surface area contributed by atoms with E-state index in [2.05, 4.69) is 0 Å². The van der Waals surface area contributed by atoms with Gasteiger partial charge in [0.15, 0.2) is 6.61 Å². The van der Waals surface area contributed by atoms with Crippen molar-refractivity contribution in [3.63, 3.8) is 0 Å². The molecule has 3 rings (SSSR count). The molecule has 1 aromatic heterocycles. The van der Waals surface area contributed by atoms with Gasteiger partial charge in [-0.2, -0.15) is 0 Å². The number of carbonyl (C=O) groups excluding carboxylic acids is 3. The number of thiophene rings is 1. The molecule has 0 aliphatic carbocycles. The van der Waals surface area contributed by atoms with E-state index < -0.39 is 35.4 Å². The van der Waals surface area contributed by atoms with Crippen LogP contribution in [0.4, 0.5) is 5.00 Å². The molecule has 146 valence electrons. The van der Waals surface area contributed by atoms with E-state index in [0.29, 0.717) is 17.8 Å². The molecular formula is C18H16N2O7S. The van der Waals surface area contributed by atoms with E-state index in [1.54, 1.807) is 0 Å². The number of hydrogen-bond acceptors (Lipinski definition) is 8. The molecule has 28 heavy (non-hydrogen) atoms. The zero-order valence-corrected chi connectivity index (χ0v) is 15.6.